The first-order valence-corrected chi connectivity index (χ1v) is 7.60. The molecule has 0 fully saturated rings. The Balaban J connectivity index is 1.94. The summed E-state index contributed by atoms with van der Waals surface area (Å²) in [5.41, 5.74) is 1.09. The van der Waals surface area contributed by atoms with Gasteiger partial charge in [0.2, 0.25) is 5.91 Å². The summed E-state index contributed by atoms with van der Waals surface area (Å²) in [6, 6.07) is 8.42. The maximum absolute atomic E-state index is 12.1. The van der Waals surface area contributed by atoms with Crippen LogP contribution in [0, 0.1) is 0 Å². The smallest absolute Gasteiger partial charge is 0.255 e. The van der Waals surface area contributed by atoms with Crippen molar-refractivity contribution in [2.24, 2.45) is 0 Å². The van der Waals surface area contributed by atoms with E-state index in [0.29, 0.717) is 11.3 Å². The second kappa shape index (κ2) is 6.99. The van der Waals surface area contributed by atoms with E-state index < -0.39 is 6.04 Å². The van der Waals surface area contributed by atoms with Crippen LogP contribution in [0.2, 0.25) is 0 Å². The highest BCUT2D eigenvalue weighted by Gasteiger charge is 2.17. The van der Waals surface area contributed by atoms with Gasteiger partial charge >= 0.3 is 0 Å². The van der Waals surface area contributed by atoms with Gasteiger partial charge < -0.3 is 15.1 Å². The minimum Gasteiger partial charge on any atom is -0.472 e. The highest BCUT2D eigenvalue weighted by molar-refractivity contribution is 7.98. The normalized spacial score (nSPS) is 11.7. The van der Waals surface area contributed by atoms with Crippen LogP contribution in [0.25, 0.3) is 0 Å². The molecule has 0 bridgehead atoms. The van der Waals surface area contributed by atoms with E-state index >= 15 is 0 Å². The molecule has 1 aromatic carbocycles. The second-order valence-corrected chi connectivity index (χ2v) is 5.31. The zero-order valence-corrected chi connectivity index (χ0v) is 12.6. The summed E-state index contributed by atoms with van der Waals surface area (Å²) in [6.07, 6.45) is 4.71. The number of hydrogen-bond acceptors (Lipinski definition) is 4. The number of carbonyl (C=O) groups is 2. The molecule has 1 heterocycles. The van der Waals surface area contributed by atoms with E-state index in [-0.39, 0.29) is 11.8 Å². The summed E-state index contributed by atoms with van der Waals surface area (Å²) >= 11 is 1.60. The quantitative estimate of drug-likeness (QED) is 0.833. The molecule has 0 saturated heterocycles. The molecule has 0 radical (unpaired) electrons. The van der Waals surface area contributed by atoms with Crippen LogP contribution >= 0.6 is 11.8 Å². The molecule has 2 rings (SSSR count). The Kier molecular flexibility index (Phi) is 5.05. The van der Waals surface area contributed by atoms with Crippen molar-refractivity contribution in [3.8, 4) is 0 Å². The number of benzene rings is 1. The average Bonchev–Trinajstić information content (AvgIpc) is 3.01. The van der Waals surface area contributed by atoms with E-state index in [1.165, 1.54) is 12.5 Å². The molecule has 5 nitrogen and oxygen atoms in total. The predicted molar refractivity (Wildman–Crippen MR) is 82.5 cm³/mol. The molecular weight excluding hydrogens is 288 g/mol. The van der Waals surface area contributed by atoms with Crippen LogP contribution in [0.5, 0.6) is 0 Å². The van der Waals surface area contributed by atoms with Crippen molar-refractivity contribution in [1.82, 2.24) is 5.32 Å². The summed E-state index contributed by atoms with van der Waals surface area (Å²) < 4.78 is 4.84. The highest BCUT2D eigenvalue weighted by atomic mass is 32.2. The van der Waals surface area contributed by atoms with Gasteiger partial charge in [-0.3, -0.25) is 9.59 Å². The SMILES string of the molecule is CSc1cccc(NC(=O)[C@H](C)NC(=O)c2ccoc2)c1. The van der Waals surface area contributed by atoms with E-state index in [1.807, 2.05) is 30.5 Å². The largest absolute Gasteiger partial charge is 0.472 e. The zero-order valence-electron chi connectivity index (χ0n) is 11.8. The molecular formula is C15H16N2O3S. The number of amides is 2. The first kappa shape index (κ1) is 15.2. The Morgan fingerprint density at radius 2 is 2.10 bits per heavy atom. The summed E-state index contributed by atoms with van der Waals surface area (Å²) in [5, 5.41) is 5.39. The van der Waals surface area contributed by atoms with Crippen LogP contribution in [0.4, 0.5) is 5.69 Å². The van der Waals surface area contributed by atoms with Crippen molar-refractivity contribution in [2.45, 2.75) is 17.9 Å². The third-order valence-electron chi connectivity index (χ3n) is 2.86. The Morgan fingerprint density at radius 3 is 2.76 bits per heavy atom. The molecule has 21 heavy (non-hydrogen) atoms. The van der Waals surface area contributed by atoms with Crippen LogP contribution in [-0.2, 0) is 4.79 Å². The van der Waals surface area contributed by atoms with Crippen LogP contribution in [0.15, 0.2) is 52.2 Å². The summed E-state index contributed by atoms with van der Waals surface area (Å²) in [6.45, 7) is 1.63. The molecule has 2 N–H and O–H groups in total. The van der Waals surface area contributed by atoms with Gasteiger partial charge in [0.05, 0.1) is 11.8 Å². The molecule has 0 aliphatic carbocycles. The Labute approximate surface area is 127 Å². The lowest BCUT2D eigenvalue weighted by Gasteiger charge is -2.14. The van der Waals surface area contributed by atoms with Crippen molar-refractivity contribution in [3.63, 3.8) is 0 Å². The topological polar surface area (TPSA) is 71.3 Å². The lowest BCUT2D eigenvalue weighted by atomic mass is 10.2. The van der Waals surface area contributed by atoms with Crippen LogP contribution < -0.4 is 10.6 Å². The number of rotatable bonds is 5. The second-order valence-electron chi connectivity index (χ2n) is 4.43. The number of thioether (sulfide) groups is 1. The van der Waals surface area contributed by atoms with E-state index in [4.69, 9.17) is 4.42 Å². The van der Waals surface area contributed by atoms with E-state index in [0.717, 1.165) is 4.90 Å². The predicted octanol–water partition coefficient (Wildman–Crippen LogP) is 2.76. The fourth-order valence-corrected chi connectivity index (χ4v) is 2.15. The Morgan fingerprint density at radius 1 is 1.29 bits per heavy atom. The van der Waals surface area contributed by atoms with Gasteiger partial charge in [0.25, 0.3) is 5.91 Å². The first-order chi connectivity index (χ1) is 10.1. The molecule has 1 atom stereocenters. The van der Waals surface area contributed by atoms with Crippen molar-refractivity contribution in [2.75, 3.05) is 11.6 Å². The fourth-order valence-electron chi connectivity index (χ4n) is 1.69. The standard InChI is InChI=1S/C15H16N2O3S/c1-10(16-15(19)11-6-7-20-9-11)14(18)17-12-4-3-5-13(8-12)21-2/h3-10H,1-2H3,(H,16,19)(H,17,18)/t10-/m0/s1. The molecule has 1 aromatic heterocycles. The van der Waals surface area contributed by atoms with Crippen molar-refractivity contribution < 1.29 is 14.0 Å². The molecule has 0 saturated carbocycles. The van der Waals surface area contributed by atoms with Crippen molar-refractivity contribution in [3.05, 3.63) is 48.4 Å². The molecule has 2 aromatic rings. The monoisotopic (exact) mass is 304 g/mol. The van der Waals surface area contributed by atoms with Gasteiger partial charge in [-0.2, -0.15) is 0 Å². The molecule has 0 aliphatic rings. The highest BCUT2D eigenvalue weighted by Crippen LogP contribution is 2.19. The zero-order chi connectivity index (χ0) is 15.2. The van der Waals surface area contributed by atoms with Gasteiger partial charge in [0, 0.05) is 10.6 Å². The number of furan rings is 1. The van der Waals surface area contributed by atoms with Crippen LogP contribution in [0.3, 0.4) is 0 Å². The lowest BCUT2D eigenvalue weighted by molar-refractivity contribution is -0.117. The van der Waals surface area contributed by atoms with E-state index in [2.05, 4.69) is 10.6 Å². The average molecular weight is 304 g/mol. The molecule has 2 amide bonds. The minimum atomic E-state index is -0.648. The van der Waals surface area contributed by atoms with Crippen molar-refractivity contribution in [1.29, 1.82) is 0 Å². The fraction of sp³-hybridized carbons (Fsp3) is 0.200. The molecule has 0 aliphatic heterocycles. The lowest BCUT2D eigenvalue weighted by Crippen LogP contribution is -2.41. The molecule has 6 heteroatoms. The third-order valence-corrected chi connectivity index (χ3v) is 3.59. The molecule has 0 unspecified atom stereocenters. The van der Waals surface area contributed by atoms with Gasteiger partial charge in [0.15, 0.2) is 0 Å². The molecule has 110 valence electrons. The summed E-state index contributed by atoms with van der Waals surface area (Å²) in [5.74, 6) is -0.616. The third kappa shape index (κ3) is 4.13. The van der Waals surface area contributed by atoms with E-state index in [1.54, 1.807) is 24.8 Å². The van der Waals surface area contributed by atoms with Gasteiger partial charge in [-0.25, -0.2) is 0 Å². The van der Waals surface area contributed by atoms with Gasteiger partial charge in [-0.1, -0.05) is 6.07 Å². The maximum atomic E-state index is 12.1. The molecule has 0 spiro atoms. The van der Waals surface area contributed by atoms with Crippen LogP contribution in [0.1, 0.15) is 17.3 Å². The number of hydrogen-bond donors (Lipinski definition) is 2. The number of anilines is 1. The maximum Gasteiger partial charge on any atom is 0.255 e. The Bertz CT molecular complexity index is 626. The first-order valence-electron chi connectivity index (χ1n) is 6.38. The van der Waals surface area contributed by atoms with Crippen molar-refractivity contribution >= 4 is 29.3 Å². The van der Waals surface area contributed by atoms with Crippen LogP contribution in [-0.4, -0.2) is 24.1 Å². The Hall–Kier alpha value is -2.21. The van der Waals surface area contributed by atoms with Gasteiger partial charge in [0.1, 0.15) is 12.3 Å². The van der Waals surface area contributed by atoms with Gasteiger partial charge in [-0.05, 0) is 37.4 Å². The van der Waals surface area contributed by atoms with E-state index in [9.17, 15) is 9.59 Å². The summed E-state index contributed by atoms with van der Waals surface area (Å²) in [7, 11) is 0. The van der Waals surface area contributed by atoms with Gasteiger partial charge in [-0.15, -0.1) is 11.8 Å². The minimum absolute atomic E-state index is 0.273. The summed E-state index contributed by atoms with van der Waals surface area (Å²) in [4.78, 5) is 24.9. The number of carbonyl (C=O) groups excluding carboxylic acids is 2. The number of nitrogens with one attached hydrogen (secondary N) is 2.